The molecule has 1 atom stereocenters. The molecule has 0 bridgehead atoms. The Kier molecular flexibility index (Phi) is 4.81. The number of amides is 1. The van der Waals surface area contributed by atoms with Gasteiger partial charge in [0.25, 0.3) is 5.91 Å². The second-order valence-electron chi connectivity index (χ2n) is 6.85. The van der Waals surface area contributed by atoms with Gasteiger partial charge in [0, 0.05) is 23.2 Å². The van der Waals surface area contributed by atoms with E-state index in [-0.39, 0.29) is 10.9 Å². The normalized spacial score (nSPS) is 14.2. The van der Waals surface area contributed by atoms with Gasteiger partial charge in [0.1, 0.15) is 8.07 Å². The molecule has 0 saturated carbocycles. The maximum Gasteiger partial charge on any atom is 0.251 e. The molecule has 0 aliphatic rings. The van der Waals surface area contributed by atoms with Crippen molar-refractivity contribution >= 4 is 19.3 Å². The number of nitrogens with zero attached hydrogens (tertiary/aromatic N) is 1. The van der Waals surface area contributed by atoms with Crippen molar-refractivity contribution in [1.82, 2.24) is 10.3 Å². The van der Waals surface area contributed by atoms with Gasteiger partial charge in [-0.25, -0.2) is 0 Å². The fraction of sp³-hybridized carbons (Fsp3) is 0.333. The second kappa shape index (κ2) is 6.44. The molecular weight excluding hydrogens is 288 g/mol. The minimum absolute atomic E-state index is 0.0143. The lowest BCUT2D eigenvalue weighted by Gasteiger charge is -2.39. The zero-order valence-corrected chi connectivity index (χ0v) is 14.8. The fourth-order valence-corrected chi connectivity index (χ4v) is 5.20. The van der Waals surface area contributed by atoms with Crippen molar-refractivity contribution in [2.45, 2.75) is 32.4 Å². The highest BCUT2D eigenvalue weighted by molar-refractivity contribution is 6.92. The Morgan fingerprint density at radius 1 is 1.09 bits per heavy atom. The summed E-state index contributed by atoms with van der Waals surface area (Å²) < 4.78 is 0. The molecule has 1 aromatic carbocycles. The molecule has 116 valence electrons. The second-order valence-corrected chi connectivity index (χ2v) is 11.9. The number of pyridine rings is 1. The topological polar surface area (TPSA) is 42.0 Å². The highest BCUT2D eigenvalue weighted by atomic mass is 28.3. The van der Waals surface area contributed by atoms with Crippen LogP contribution in [0.3, 0.4) is 0 Å². The quantitative estimate of drug-likeness (QED) is 0.881. The molecule has 0 aliphatic carbocycles. The van der Waals surface area contributed by atoms with Crippen LogP contribution in [0.25, 0.3) is 0 Å². The van der Waals surface area contributed by atoms with Crippen molar-refractivity contribution < 1.29 is 4.79 Å². The SMILES string of the molecule is CC(C)(C)[Si](C)(CNC(=O)c1ccccc1)c1ccccn1. The summed E-state index contributed by atoms with van der Waals surface area (Å²) in [5.74, 6) is -0.0143. The van der Waals surface area contributed by atoms with Gasteiger partial charge in [0.05, 0.1) is 0 Å². The third-order valence-corrected chi connectivity index (χ3v) is 10.1. The molecule has 0 radical (unpaired) electrons. The van der Waals surface area contributed by atoms with Crippen LogP contribution in [0.4, 0.5) is 0 Å². The van der Waals surface area contributed by atoms with E-state index in [2.05, 4.69) is 43.7 Å². The predicted octanol–water partition coefficient (Wildman–Crippen LogP) is 3.14. The van der Waals surface area contributed by atoms with Crippen molar-refractivity contribution in [3.63, 3.8) is 0 Å². The van der Waals surface area contributed by atoms with Gasteiger partial charge in [-0.2, -0.15) is 0 Å². The molecule has 22 heavy (non-hydrogen) atoms. The number of rotatable bonds is 4. The third kappa shape index (κ3) is 3.44. The molecule has 1 amide bonds. The molecule has 2 rings (SSSR count). The number of aromatic nitrogens is 1. The van der Waals surface area contributed by atoms with Gasteiger partial charge in [0.15, 0.2) is 0 Å². The largest absolute Gasteiger partial charge is 0.354 e. The Hall–Kier alpha value is -1.94. The molecule has 0 saturated heterocycles. The van der Waals surface area contributed by atoms with E-state index in [1.807, 2.05) is 48.7 Å². The van der Waals surface area contributed by atoms with E-state index in [1.165, 1.54) is 0 Å². The van der Waals surface area contributed by atoms with Gasteiger partial charge in [0.2, 0.25) is 0 Å². The standard InChI is InChI=1S/C18H24N2OSi/c1-18(2,3)22(4,16-12-8-9-13-19-16)14-20-17(21)15-10-6-5-7-11-15/h5-13H,14H2,1-4H3,(H,20,21). The van der Waals surface area contributed by atoms with E-state index < -0.39 is 8.07 Å². The highest BCUT2D eigenvalue weighted by Gasteiger charge is 2.43. The zero-order valence-electron chi connectivity index (χ0n) is 13.8. The molecule has 0 aliphatic heterocycles. The predicted molar refractivity (Wildman–Crippen MR) is 94.0 cm³/mol. The molecule has 3 nitrogen and oxygen atoms in total. The lowest BCUT2D eigenvalue weighted by molar-refractivity contribution is 0.0959. The minimum atomic E-state index is -1.97. The first kappa shape index (κ1) is 16.4. The number of benzene rings is 1. The molecule has 0 spiro atoms. The lowest BCUT2D eigenvalue weighted by atomic mass is 10.2. The van der Waals surface area contributed by atoms with Gasteiger partial charge < -0.3 is 5.32 Å². The van der Waals surface area contributed by atoms with Gasteiger partial charge in [-0.3, -0.25) is 9.78 Å². The number of nitrogens with one attached hydrogen (secondary N) is 1. The van der Waals surface area contributed by atoms with E-state index in [4.69, 9.17) is 0 Å². The van der Waals surface area contributed by atoms with E-state index in [0.717, 1.165) is 5.32 Å². The van der Waals surface area contributed by atoms with Crippen LogP contribution in [0.2, 0.25) is 11.6 Å². The van der Waals surface area contributed by atoms with Crippen molar-refractivity contribution in [3.8, 4) is 0 Å². The fourth-order valence-electron chi connectivity index (χ4n) is 2.38. The van der Waals surface area contributed by atoms with Crippen molar-refractivity contribution in [2.24, 2.45) is 0 Å². The highest BCUT2D eigenvalue weighted by Crippen LogP contribution is 2.34. The molecule has 2 aromatic rings. The van der Waals surface area contributed by atoms with Crippen LogP contribution in [0, 0.1) is 0 Å². The summed E-state index contributed by atoms with van der Waals surface area (Å²) in [5.41, 5.74) is 0.703. The maximum absolute atomic E-state index is 12.3. The van der Waals surface area contributed by atoms with E-state index in [0.29, 0.717) is 11.7 Å². The number of carbonyl (C=O) groups excluding carboxylic acids is 1. The molecule has 0 fully saturated rings. The summed E-state index contributed by atoms with van der Waals surface area (Å²) in [6.07, 6.45) is 2.52. The summed E-state index contributed by atoms with van der Waals surface area (Å²) in [4.78, 5) is 16.9. The summed E-state index contributed by atoms with van der Waals surface area (Å²) in [6, 6.07) is 15.4. The van der Waals surface area contributed by atoms with Gasteiger partial charge in [-0.1, -0.05) is 51.6 Å². The number of hydrogen-bond donors (Lipinski definition) is 1. The molecule has 1 heterocycles. The molecule has 1 N–H and O–H groups in total. The van der Waals surface area contributed by atoms with Gasteiger partial charge >= 0.3 is 0 Å². The van der Waals surface area contributed by atoms with E-state index in [1.54, 1.807) is 0 Å². The summed E-state index contributed by atoms with van der Waals surface area (Å²) in [7, 11) is -1.97. The smallest absolute Gasteiger partial charge is 0.251 e. The first-order valence-corrected chi connectivity index (χ1v) is 10.3. The van der Waals surface area contributed by atoms with Crippen LogP contribution >= 0.6 is 0 Å². The van der Waals surface area contributed by atoms with Crippen molar-refractivity contribution in [3.05, 3.63) is 60.3 Å². The third-order valence-electron chi connectivity index (χ3n) is 4.52. The Balaban J connectivity index is 2.21. The monoisotopic (exact) mass is 312 g/mol. The Bertz CT molecular complexity index is 623. The van der Waals surface area contributed by atoms with Crippen LogP contribution in [0.5, 0.6) is 0 Å². The average molecular weight is 312 g/mol. The molecule has 4 heteroatoms. The van der Waals surface area contributed by atoms with Crippen LogP contribution < -0.4 is 10.6 Å². The summed E-state index contributed by atoms with van der Waals surface area (Å²) in [6.45, 7) is 9.01. The maximum atomic E-state index is 12.3. The van der Waals surface area contributed by atoms with Crippen molar-refractivity contribution in [2.75, 3.05) is 6.17 Å². The zero-order chi connectivity index (χ0) is 16.2. The Morgan fingerprint density at radius 2 is 1.73 bits per heavy atom. The first-order valence-electron chi connectivity index (χ1n) is 7.59. The molecule has 1 unspecified atom stereocenters. The summed E-state index contributed by atoms with van der Waals surface area (Å²) in [5, 5.41) is 4.36. The Labute approximate surface area is 133 Å². The van der Waals surface area contributed by atoms with Crippen molar-refractivity contribution in [1.29, 1.82) is 0 Å². The van der Waals surface area contributed by atoms with Crippen LogP contribution in [0.1, 0.15) is 31.1 Å². The number of carbonyl (C=O) groups is 1. The van der Waals surface area contributed by atoms with Crippen LogP contribution in [0.15, 0.2) is 54.7 Å². The van der Waals surface area contributed by atoms with E-state index >= 15 is 0 Å². The Morgan fingerprint density at radius 3 is 2.27 bits per heavy atom. The van der Waals surface area contributed by atoms with Crippen LogP contribution in [-0.4, -0.2) is 25.1 Å². The summed E-state index contributed by atoms with van der Waals surface area (Å²) >= 11 is 0. The molecule has 1 aromatic heterocycles. The van der Waals surface area contributed by atoms with Gasteiger partial charge in [-0.05, 0) is 29.3 Å². The number of hydrogen-bond acceptors (Lipinski definition) is 2. The minimum Gasteiger partial charge on any atom is -0.354 e. The first-order chi connectivity index (χ1) is 10.3. The molecular formula is C18H24N2OSi. The van der Waals surface area contributed by atoms with Gasteiger partial charge in [-0.15, -0.1) is 0 Å². The van der Waals surface area contributed by atoms with Crippen LogP contribution in [-0.2, 0) is 0 Å². The lowest BCUT2D eigenvalue weighted by Crippen LogP contribution is -2.61. The van der Waals surface area contributed by atoms with E-state index in [9.17, 15) is 4.79 Å². The average Bonchev–Trinajstić information content (AvgIpc) is 2.53.